The van der Waals surface area contributed by atoms with Gasteiger partial charge < -0.3 is 9.47 Å². The van der Waals surface area contributed by atoms with Gasteiger partial charge in [-0.25, -0.2) is 0 Å². The Morgan fingerprint density at radius 1 is 1.05 bits per heavy atom. The van der Waals surface area contributed by atoms with Crippen LogP contribution in [0.3, 0.4) is 0 Å². The van der Waals surface area contributed by atoms with E-state index in [-0.39, 0.29) is 0 Å². The predicted octanol–water partition coefficient (Wildman–Crippen LogP) is 3.49. The van der Waals surface area contributed by atoms with Crippen LogP contribution in [-0.2, 0) is 11.4 Å². The number of aldehydes is 1. The normalized spacial score (nSPS) is 10.4. The summed E-state index contributed by atoms with van der Waals surface area (Å²) in [6.45, 7) is 0.448. The number of para-hydroxylation sites is 1. The van der Waals surface area contributed by atoms with Crippen molar-refractivity contribution < 1.29 is 14.3 Å². The van der Waals surface area contributed by atoms with Gasteiger partial charge in [0.05, 0.1) is 7.11 Å². The summed E-state index contributed by atoms with van der Waals surface area (Å²) in [7, 11) is 1.60. The number of ether oxygens (including phenoxy) is 2. The highest BCUT2D eigenvalue weighted by Crippen LogP contribution is 2.32. The quantitative estimate of drug-likeness (QED) is 0.594. The van der Waals surface area contributed by atoms with Gasteiger partial charge in [-0.1, -0.05) is 42.5 Å². The van der Waals surface area contributed by atoms with Crippen LogP contribution in [0, 0.1) is 0 Å². The molecule has 0 bridgehead atoms. The van der Waals surface area contributed by atoms with Crippen LogP contribution in [-0.4, -0.2) is 13.4 Å². The first kappa shape index (κ1) is 13.9. The van der Waals surface area contributed by atoms with Crippen molar-refractivity contribution >= 4 is 12.4 Å². The van der Waals surface area contributed by atoms with Gasteiger partial charge in [-0.2, -0.15) is 0 Å². The van der Waals surface area contributed by atoms with Gasteiger partial charge in [0.25, 0.3) is 0 Å². The molecule has 0 saturated heterocycles. The largest absolute Gasteiger partial charge is 0.493 e. The fourth-order valence-electron chi connectivity index (χ4n) is 1.85. The second-order valence-corrected chi connectivity index (χ2v) is 4.15. The van der Waals surface area contributed by atoms with Gasteiger partial charge in [0.2, 0.25) is 0 Å². The topological polar surface area (TPSA) is 35.5 Å². The van der Waals surface area contributed by atoms with Gasteiger partial charge >= 0.3 is 0 Å². The van der Waals surface area contributed by atoms with E-state index < -0.39 is 0 Å². The van der Waals surface area contributed by atoms with Crippen molar-refractivity contribution in [2.45, 2.75) is 6.61 Å². The molecule has 0 saturated carbocycles. The zero-order chi connectivity index (χ0) is 14.2. The van der Waals surface area contributed by atoms with E-state index in [9.17, 15) is 4.79 Å². The molecule has 0 heterocycles. The van der Waals surface area contributed by atoms with Crippen molar-refractivity contribution in [2.24, 2.45) is 0 Å². The van der Waals surface area contributed by atoms with Crippen molar-refractivity contribution in [3.63, 3.8) is 0 Å². The minimum atomic E-state index is 0.448. The van der Waals surface area contributed by atoms with Crippen LogP contribution < -0.4 is 9.47 Å². The van der Waals surface area contributed by atoms with E-state index in [0.29, 0.717) is 18.1 Å². The average Bonchev–Trinajstić information content (AvgIpc) is 2.52. The Balaban J connectivity index is 2.24. The smallest absolute Gasteiger partial charge is 0.168 e. The first-order chi connectivity index (χ1) is 9.85. The number of carbonyl (C=O) groups excluding carboxylic acids is 1. The van der Waals surface area contributed by atoms with E-state index in [0.717, 1.165) is 17.4 Å². The van der Waals surface area contributed by atoms with E-state index in [4.69, 9.17) is 9.47 Å². The van der Waals surface area contributed by atoms with E-state index in [1.165, 1.54) is 6.08 Å². The molecule has 3 nitrogen and oxygen atoms in total. The van der Waals surface area contributed by atoms with Gasteiger partial charge in [0.15, 0.2) is 11.5 Å². The molecule has 0 N–H and O–H groups in total. The maximum absolute atomic E-state index is 10.5. The average molecular weight is 268 g/mol. The van der Waals surface area contributed by atoms with E-state index in [1.807, 2.05) is 48.5 Å². The number of carbonyl (C=O) groups is 1. The lowest BCUT2D eigenvalue weighted by molar-refractivity contribution is -0.104. The van der Waals surface area contributed by atoms with Crippen LogP contribution in [0.5, 0.6) is 11.5 Å². The highest BCUT2D eigenvalue weighted by Gasteiger charge is 2.08. The van der Waals surface area contributed by atoms with Crippen LogP contribution in [0.25, 0.3) is 6.08 Å². The molecule has 102 valence electrons. The van der Waals surface area contributed by atoms with Gasteiger partial charge in [-0.3, -0.25) is 4.79 Å². The third kappa shape index (κ3) is 3.48. The molecule has 2 aromatic rings. The third-order valence-electron chi connectivity index (χ3n) is 2.81. The number of hydrogen-bond acceptors (Lipinski definition) is 3. The molecule has 0 aliphatic heterocycles. The fourth-order valence-corrected chi connectivity index (χ4v) is 1.85. The lowest BCUT2D eigenvalue weighted by Gasteiger charge is -2.13. The highest BCUT2D eigenvalue weighted by molar-refractivity contribution is 5.76. The highest BCUT2D eigenvalue weighted by atomic mass is 16.5. The Morgan fingerprint density at radius 2 is 1.85 bits per heavy atom. The van der Waals surface area contributed by atoms with Crippen LogP contribution >= 0.6 is 0 Å². The molecular weight excluding hydrogens is 252 g/mol. The predicted molar refractivity (Wildman–Crippen MR) is 78.9 cm³/mol. The zero-order valence-corrected chi connectivity index (χ0v) is 11.3. The maximum Gasteiger partial charge on any atom is 0.168 e. The second-order valence-electron chi connectivity index (χ2n) is 4.15. The SMILES string of the molecule is COc1cccc(C=CC=O)c1OCc1ccccc1. The van der Waals surface area contributed by atoms with Crippen molar-refractivity contribution in [3.05, 3.63) is 65.7 Å². The minimum absolute atomic E-state index is 0.448. The first-order valence-corrected chi connectivity index (χ1v) is 6.30. The molecule has 0 aromatic heterocycles. The molecule has 3 heteroatoms. The van der Waals surface area contributed by atoms with E-state index in [1.54, 1.807) is 13.2 Å². The summed E-state index contributed by atoms with van der Waals surface area (Å²) in [5.74, 6) is 1.28. The molecule has 0 radical (unpaired) electrons. The summed E-state index contributed by atoms with van der Waals surface area (Å²) in [4.78, 5) is 10.5. The summed E-state index contributed by atoms with van der Waals surface area (Å²) in [6.07, 6.45) is 3.88. The summed E-state index contributed by atoms with van der Waals surface area (Å²) in [5, 5.41) is 0. The molecule has 0 unspecified atom stereocenters. The third-order valence-corrected chi connectivity index (χ3v) is 2.81. The monoisotopic (exact) mass is 268 g/mol. The molecule has 20 heavy (non-hydrogen) atoms. The van der Waals surface area contributed by atoms with Crippen molar-refractivity contribution in [2.75, 3.05) is 7.11 Å². The van der Waals surface area contributed by atoms with Crippen LogP contribution in [0.4, 0.5) is 0 Å². The van der Waals surface area contributed by atoms with Crippen LogP contribution in [0.15, 0.2) is 54.6 Å². The molecule has 2 rings (SSSR count). The molecule has 0 aliphatic carbocycles. The first-order valence-electron chi connectivity index (χ1n) is 6.30. The lowest BCUT2D eigenvalue weighted by atomic mass is 10.1. The Labute approximate surface area is 118 Å². The Kier molecular flexibility index (Phi) is 4.95. The Morgan fingerprint density at radius 3 is 2.55 bits per heavy atom. The van der Waals surface area contributed by atoms with Gasteiger partial charge in [-0.15, -0.1) is 0 Å². The van der Waals surface area contributed by atoms with Crippen molar-refractivity contribution in [3.8, 4) is 11.5 Å². The molecular formula is C17H16O3. The standard InChI is InChI=1S/C17H16O3/c1-19-16-11-5-9-15(10-6-12-18)17(16)20-13-14-7-3-2-4-8-14/h2-12H,13H2,1H3. The number of rotatable bonds is 6. The molecule has 0 fully saturated rings. The number of benzene rings is 2. The van der Waals surface area contributed by atoms with Crippen molar-refractivity contribution in [1.82, 2.24) is 0 Å². The molecule has 0 aliphatic rings. The van der Waals surface area contributed by atoms with Gasteiger partial charge in [-0.05, 0) is 23.8 Å². The zero-order valence-electron chi connectivity index (χ0n) is 11.3. The van der Waals surface area contributed by atoms with Crippen LogP contribution in [0.1, 0.15) is 11.1 Å². The molecule has 0 spiro atoms. The number of allylic oxidation sites excluding steroid dienone is 1. The van der Waals surface area contributed by atoms with Crippen molar-refractivity contribution in [1.29, 1.82) is 0 Å². The van der Waals surface area contributed by atoms with Crippen LogP contribution in [0.2, 0.25) is 0 Å². The summed E-state index contributed by atoms with van der Waals surface area (Å²) < 4.78 is 11.2. The molecule has 2 aromatic carbocycles. The number of methoxy groups -OCH3 is 1. The number of hydrogen-bond donors (Lipinski definition) is 0. The molecule has 0 atom stereocenters. The molecule has 0 amide bonds. The Hall–Kier alpha value is -2.55. The summed E-state index contributed by atoms with van der Waals surface area (Å²) >= 11 is 0. The van der Waals surface area contributed by atoms with Gasteiger partial charge in [0.1, 0.15) is 12.9 Å². The maximum atomic E-state index is 10.5. The minimum Gasteiger partial charge on any atom is -0.493 e. The lowest BCUT2D eigenvalue weighted by Crippen LogP contribution is -1.99. The second kappa shape index (κ2) is 7.14. The van der Waals surface area contributed by atoms with E-state index >= 15 is 0 Å². The van der Waals surface area contributed by atoms with Gasteiger partial charge in [0, 0.05) is 5.56 Å². The summed E-state index contributed by atoms with van der Waals surface area (Å²) in [6, 6.07) is 15.5. The Bertz CT molecular complexity index is 588. The van der Waals surface area contributed by atoms with E-state index in [2.05, 4.69) is 0 Å². The summed E-state index contributed by atoms with van der Waals surface area (Å²) in [5.41, 5.74) is 1.89. The fraction of sp³-hybridized carbons (Fsp3) is 0.118.